The average molecular weight is 415 g/mol. The molecule has 162 valence electrons. The fourth-order valence-electron chi connectivity index (χ4n) is 3.11. The van der Waals surface area contributed by atoms with E-state index >= 15 is 0 Å². The molecule has 3 rings (SSSR count). The first-order chi connectivity index (χ1) is 14.6. The summed E-state index contributed by atoms with van der Waals surface area (Å²) in [7, 11) is 0. The van der Waals surface area contributed by atoms with Crippen molar-refractivity contribution in [1.82, 2.24) is 24.6 Å². The van der Waals surface area contributed by atoms with Crippen molar-refractivity contribution in [3.05, 3.63) is 35.8 Å². The number of hydrogen-bond donors (Lipinski definition) is 2. The number of anilines is 1. The van der Waals surface area contributed by atoms with Crippen molar-refractivity contribution >= 4 is 11.5 Å². The second-order valence-electron chi connectivity index (χ2n) is 7.19. The highest BCUT2D eigenvalue weighted by Gasteiger charge is 2.16. The molecule has 0 amide bonds. The second kappa shape index (κ2) is 10.7. The Balaban J connectivity index is 1.77. The van der Waals surface area contributed by atoms with Crippen LogP contribution < -0.4 is 15.2 Å². The molecule has 0 aliphatic rings. The van der Waals surface area contributed by atoms with Gasteiger partial charge in [-0.3, -0.25) is 0 Å². The van der Waals surface area contributed by atoms with Crippen molar-refractivity contribution in [2.24, 2.45) is 0 Å². The maximum absolute atomic E-state index is 9.25. The van der Waals surface area contributed by atoms with Crippen molar-refractivity contribution in [1.29, 1.82) is 0 Å². The Bertz CT molecular complexity index is 922. The van der Waals surface area contributed by atoms with Gasteiger partial charge >= 0.3 is 6.01 Å². The van der Waals surface area contributed by atoms with Gasteiger partial charge in [0.2, 0.25) is 5.88 Å². The maximum Gasteiger partial charge on any atom is 0.336 e. The summed E-state index contributed by atoms with van der Waals surface area (Å²) < 4.78 is 13.2. The highest BCUT2D eigenvalue weighted by atomic mass is 16.5. The lowest BCUT2D eigenvalue weighted by atomic mass is 10.1. The molecule has 3 heterocycles. The third-order valence-electron chi connectivity index (χ3n) is 4.70. The van der Waals surface area contributed by atoms with Crippen LogP contribution in [0.1, 0.15) is 57.2 Å². The lowest BCUT2D eigenvalue weighted by Crippen LogP contribution is -2.20. The van der Waals surface area contributed by atoms with Crippen molar-refractivity contribution < 1.29 is 14.6 Å². The molecule has 0 saturated heterocycles. The number of fused-ring (bicyclic) bond motifs is 1. The Morgan fingerprint density at radius 1 is 1.13 bits per heavy atom. The molecule has 3 aromatic rings. The summed E-state index contributed by atoms with van der Waals surface area (Å²) in [4.78, 5) is 12.9. The topological polar surface area (TPSA) is 121 Å². The lowest BCUT2D eigenvalue weighted by molar-refractivity contribution is 0.133. The molecule has 0 bridgehead atoms. The molecule has 1 atom stereocenters. The van der Waals surface area contributed by atoms with Crippen LogP contribution in [0.25, 0.3) is 5.65 Å². The zero-order chi connectivity index (χ0) is 21.3. The summed E-state index contributed by atoms with van der Waals surface area (Å²) in [5.41, 5.74) is 8.41. The number of ether oxygens (including phenoxy) is 2. The third kappa shape index (κ3) is 5.56. The zero-order valence-electron chi connectivity index (χ0n) is 17.6. The zero-order valence-corrected chi connectivity index (χ0v) is 17.6. The van der Waals surface area contributed by atoms with Crippen LogP contribution in [0.15, 0.2) is 24.5 Å². The van der Waals surface area contributed by atoms with E-state index in [1.807, 2.05) is 12.1 Å². The van der Waals surface area contributed by atoms with Crippen molar-refractivity contribution in [2.45, 2.75) is 58.5 Å². The van der Waals surface area contributed by atoms with E-state index in [1.54, 1.807) is 16.9 Å². The number of aliphatic hydroxyl groups excluding tert-OH is 1. The van der Waals surface area contributed by atoms with Gasteiger partial charge in [-0.15, -0.1) is 5.10 Å². The molecule has 0 aliphatic carbocycles. The van der Waals surface area contributed by atoms with Crippen LogP contribution in [0, 0.1) is 0 Å². The smallest absolute Gasteiger partial charge is 0.336 e. The van der Waals surface area contributed by atoms with E-state index in [0.717, 1.165) is 36.9 Å². The summed E-state index contributed by atoms with van der Waals surface area (Å²) in [6.45, 7) is 4.90. The minimum Gasteiger partial charge on any atom is -0.478 e. The monoisotopic (exact) mass is 414 g/mol. The van der Waals surface area contributed by atoms with Gasteiger partial charge in [-0.1, -0.05) is 32.8 Å². The molecular formula is C21H30N6O3. The molecule has 0 fully saturated rings. The normalized spacial score (nSPS) is 12.2. The number of aliphatic hydroxyl groups is 1. The predicted octanol–water partition coefficient (Wildman–Crippen LogP) is 2.80. The van der Waals surface area contributed by atoms with Gasteiger partial charge in [-0.05, 0) is 18.4 Å². The Labute approximate surface area is 176 Å². The Morgan fingerprint density at radius 2 is 2.00 bits per heavy atom. The molecular weight excluding hydrogens is 384 g/mol. The van der Waals surface area contributed by atoms with Crippen LogP contribution in [0.5, 0.6) is 11.9 Å². The van der Waals surface area contributed by atoms with Crippen LogP contribution in [-0.4, -0.2) is 49.0 Å². The summed E-state index contributed by atoms with van der Waals surface area (Å²) in [6.07, 6.45) is 8.29. The van der Waals surface area contributed by atoms with E-state index in [0.29, 0.717) is 31.0 Å². The quantitative estimate of drug-likeness (QED) is 0.434. The summed E-state index contributed by atoms with van der Waals surface area (Å²) >= 11 is 0. The number of nitrogens with two attached hydrogens (primary N) is 1. The summed E-state index contributed by atoms with van der Waals surface area (Å²) in [5.74, 6) is 0.877. The van der Waals surface area contributed by atoms with Crippen molar-refractivity contribution in [3.8, 4) is 11.9 Å². The van der Waals surface area contributed by atoms with Gasteiger partial charge < -0.3 is 20.3 Å². The first-order valence-corrected chi connectivity index (χ1v) is 10.5. The molecule has 1 unspecified atom stereocenters. The number of imidazole rings is 1. The average Bonchev–Trinajstić information content (AvgIpc) is 3.13. The third-order valence-corrected chi connectivity index (χ3v) is 4.70. The molecule has 9 heteroatoms. The van der Waals surface area contributed by atoms with E-state index < -0.39 is 0 Å². The van der Waals surface area contributed by atoms with E-state index in [4.69, 9.17) is 15.2 Å². The van der Waals surface area contributed by atoms with Crippen LogP contribution in [0.2, 0.25) is 0 Å². The number of rotatable bonds is 12. The van der Waals surface area contributed by atoms with E-state index in [-0.39, 0.29) is 24.5 Å². The molecule has 0 aromatic carbocycles. The highest BCUT2D eigenvalue weighted by Crippen LogP contribution is 2.19. The van der Waals surface area contributed by atoms with Crippen LogP contribution in [0.3, 0.4) is 0 Å². The van der Waals surface area contributed by atoms with Crippen LogP contribution >= 0.6 is 0 Å². The number of unbranched alkanes of at least 4 members (excludes halogenated alkanes) is 1. The van der Waals surface area contributed by atoms with E-state index in [1.165, 1.54) is 0 Å². The number of nitrogen functional groups attached to an aromatic ring is 1. The molecule has 30 heavy (non-hydrogen) atoms. The number of aromatic nitrogens is 5. The van der Waals surface area contributed by atoms with Gasteiger partial charge in [0.25, 0.3) is 0 Å². The molecule has 0 radical (unpaired) electrons. The van der Waals surface area contributed by atoms with Gasteiger partial charge in [0.15, 0.2) is 11.5 Å². The molecule has 9 nitrogen and oxygen atoms in total. The number of pyridine rings is 1. The molecule has 3 aromatic heterocycles. The van der Waals surface area contributed by atoms with Crippen LogP contribution in [-0.2, 0) is 6.42 Å². The van der Waals surface area contributed by atoms with Crippen LogP contribution in [0.4, 0.5) is 5.82 Å². The summed E-state index contributed by atoms with van der Waals surface area (Å²) in [5, 5.41) is 13.7. The second-order valence-corrected chi connectivity index (χ2v) is 7.19. The molecule has 0 aliphatic heterocycles. The molecule has 0 spiro atoms. The van der Waals surface area contributed by atoms with Crippen molar-refractivity contribution in [2.75, 3.05) is 18.9 Å². The summed E-state index contributed by atoms with van der Waals surface area (Å²) in [6, 6.07) is 4.04. The van der Waals surface area contributed by atoms with Gasteiger partial charge in [-0.2, -0.15) is 4.98 Å². The SMILES string of the molecule is CCCCOc1ccc(Cc2cnc3c(N)nc(OC(CCC)CCO)nn23)cn1. The van der Waals surface area contributed by atoms with Gasteiger partial charge in [-0.25, -0.2) is 14.5 Å². The van der Waals surface area contributed by atoms with Gasteiger partial charge in [0, 0.05) is 31.7 Å². The standard InChI is InChI=1S/C21H30N6O3/c1-3-5-11-29-18-8-7-15(13-23-18)12-16-14-24-20-19(22)25-21(26-27(16)20)30-17(6-4-2)9-10-28/h7-8,13-14,17,28H,3-6,9-12H2,1-2H3,(H2,22,25,26). The van der Waals surface area contributed by atoms with Gasteiger partial charge in [0.05, 0.1) is 18.5 Å². The Kier molecular flexibility index (Phi) is 7.78. The molecule has 0 saturated carbocycles. The lowest BCUT2D eigenvalue weighted by Gasteiger charge is -2.16. The number of nitrogens with zero attached hydrogens (tertiary/aromatic N) is 5. The first kappa shape index (κ1) is 21.8. The highest BCUT2D eigenvalue weighted by molar-refractivity contribution is 5.59. The van der Waals surface area contributed by atoms with E-state index in [2.05, 4.69) is 33.9 Å². The fourth-order valence-corrected chi connectivity index (χ4v) is 3.11. The predicted molar refractivity (Wildman–Crippen MR) is 114 cm³/mol. The fraction of sp³-hybridized carbons (Fsp3) is 0.524. The molecule has 3 N–H and O–H groups in total. The number of hydrogen-bond acceptors (Lipinski definition) is 8. The minimum absolute atomic E-state index is 0.0455. The maximum atomic E-state index is 9.25. The Hall–Kier alpha value is -2.94. The van der Waals surface area contributed by atoms with Gasteiger partial charge in [0.1, 0.15) is 6.10 Å². The van der Waals surface area contributed by atoms with Crippen molar-refractivity contribution in [3.63, 3.8) is 0 Å². The Morgan fingerprint density at radius 3 is 2.70 bits per heavy atom. The van der Waals surface area contributed by atoms with E-state index in [9.17, 15) is 5.11 Å². The minimum atomic E-state index is -0.159. The first-order valence-electron chi connectivity index (χ1n) is 10.5. The largest absolute Gasteiger partial charge is 0.478 e.